The predicted molar refractivity (Wildman–Crippen MR) is 119 cm³/mol. The molecule has 2 rings (SSSR count). The number of anilines is 1. The van der Waals surface area contributed by atoms with Crippen LogP contribution in [0.1, 0.15) is 40.0 Å². The molecule has 0 aliphatic carbocycles. The zero-order valence-electron chi connectivity index (χ0n) is 19.1. The van der Waals surface area contributed by atoms with E-state index in [4.69, 9.17) is 9.47 Å². The van der Waals surface area contributed by atoms with E-state index in [9.17, 15) is 14.4 Å². The van der Waals surface area contributed by atoms with E-state index >= 15 is 0 Å². The molecule has 0 aromatic heterocycles. The Hall–Kier alpha value is -2.77. The summed E-state index contributed by atoms with van der Waals surface area (Å²) in [7, 11) is 2.01. The highest BCUT2D eigenvalue weighted by Gasteiger charge is 2.30. The van der Waals surface area contributed by atoms with Crippen LogP contribution >= 0.6 is 0 Å². The molecule has 0 radical (unpaired) electrons. The molecule has 1 aliphatic heterocycles. The number of nitrogens with one attached hydrogen (secondary N) is 1. The van der Waals surface area contributed by atoms with Gasteiger partial charge in [-0.05, 0) is 52.2 Å². The monoisotopic (exact) mass is 433 g/mol. The fraction of sp³-hybridized carbons (Fsp3) is 0.609. The Morgan fingerprint density at radius 3 is 2.39 bits per heavy atom. The van der Waals surface area contributed by atoms with Gasteiger partial charge in [-0.2, -0.15) is 0 Å². The summed E-state index contributed by atoms with van der Waals surface area (Å²) in [4.78, 5) is 40.0. The van der Waals surface area contributed by atoms with Gasteiger partial charge in [-0.1, -0.05) is 18.2 Å². The van der Waals surface area contributed by atoms with Gasteiger partial charge in [0, 0.05) is 38.9 Å². The number of nitrogens with zero attached hydrogens (tertiary/aromatic N) is 2. The first-order valence-corrected chi connectivity index (χ1v) is 10.8. The van der Waals surface area contributed by atoms with E-state index < -0.39 is 5.60 Å². The predicted octanol–water partition coefficient (Wildman–Crippen LogP) is 2.82. The van der Waals surface area contributed by atoms with Crippen molar-refractivity contribution in [1.82, 2.24) is 10.2 Å². The highest BCUT2D eigenvalue weighted by Crippen LogP contribution is 2.20. The first-order chi connectivity index (χ1) is 14.7. The molecule has 0 atom stereocenters. The molecule has 31 heavy (non-hydrogen) atoms. The highest BCUT2D eigenvalue weighted by molar-refractivity contribution is 5.81. The molecule has 2 amide bonds. The number of likely N-dealkylation sites (tertiary alicyclic amines) is 1. The van der Waals surface area contributed by atoms with Crippen LogP contribution in [0.5, 0.6) is 0 Å². The molecule has 1 fully saturated rings. The number of benzene rings is 1. The van der Waals surface area contributed by atoms with Crippen LogP contribution in [0.15, 0.2) is 30.3 Å². The summed E-state index contributed by atoms with van der Waals surface area (Å²) in [6.45, 7) is 7.39. The van der Waals surface area contributed by atoms with E-state index in [1.807, 2.05) is 58.2 Å². The molecule has 8 nitrogen and oxygen atoms in total. The Labute approximate surface area is 184 Å². The SMILES string of the molecule is CN(CCCNC(=O)COC(=O)C1CCN(C(=O)OC(C)(C)C)CC1)c1ccccc1. The molecule has 0 bridgehead atoms. The Morgan fingerprint density at radius 2 is 1.77 bits per heavy atom. The second-order valence-electron chi connectivity index (χ2n) is 8.81. The normalized spacial score (nSPS) is 14.6. The quantitative estimate of drug-likeness (QED) is 0.501. The molecular formula is C23H35N3O5. The van der Waals surface area contributed by atoms with Crippen LogP contribution < -0.4 is 10.2 Å². The molecule has 8 heteroatoms. The maximum absolute atomic E-state index is 12.2. The van der Waals surface area contributed by atoms with Crippen molar-refractivity contribution in [3.8, 4) is 0 Å². The van der Waals surface area contributed by atoms with Crippen molar-refractivity contribution in [3.63, 3.8) is 0 Å². The summed E-state index contributed by atoms with van der Waals surface area (Å²) in [5.41, 5.74) is 0.581. The fourth-order valence-corrected chi connectivity index (χ4v) is 3.29. The molecule has 0 spiro atoms. The topological polar surface area (TPSA) is 88.2 Å². The molecule has 1 aromatic rings. The number of piperidine rings is 1. The lowest BCUT2D eigenvalue weighted by Gasteiger charge is -2.32. The third-order valence-electron chi connectivity index (χ3n) is 5.01. The number of hydrogen-bond donors (Lipinski definition) is 1. The Morgan fingerprint density at radius 1 is 1.13 bits per heavy atom. The minimum absolute atomic E-state index is 0.278. The van der Waals surface area contributed by atoms with Crippen LogP contribution in [0.3, 0.4) is 0 Å². The van der Waals surface area contributed by atoms with Gasteiger partial charge in [0.05, 0.1) is 5.92 Å². The van der Waals surface area contributed by atoms with E-state index in [0.717, 1.165) is 18.7 Å². The molecule has 1 N–H and O–H groups in total. The third kappa shape index (κ3) is 8.86. The Balaban J connectivity index is 1.59. The van der Waals surface area contributed by atoms with Crippen molar-refractivity contribution >= 4 is 23.7 Å². The summed E-state index contributed by atoms with van der Waals surface area (Å²) in [6, 6.07) is 10.0. The van der Waals surface area contributed by atoms with Crippen LogP contribution in [-0.2, 0) is 19.1 Å². The number of carbonyl (C=O) groups excluding carboxylic acids is 3. The second-order valence-corrected chi connectivity index (χ2v) is 8.81. The van der Waals surface area contributed by atoms with E-state index in [1.54, 1.807) is 4.90 Å². The van der Waals surface area contributed by atoms with Gasteiger partial charge >= 0.3 is 12.1 Å². The van der Waals surface area contributed by atoms with Crippen LogP contribution in [-0.4, -0.2) is 68.3 Å². The lowest BCUT2D eigenvalue weighted by Crippen LogP contribution is -2.43. The summed E-state index contributed by atoms with van der Waals surface area (Å²) in [6.07, 6.45) is 1.43. The molecule has 0 saturated carbocycles. The van der Waals surface area contributed by atoms with Crippen molar-refractivity contribution in [2.45, 2.75) is 45.6 Å². The van der Waals surface area contributed by atoms with Crippen LogP contribution in [0.4, 0.5) is 10.5 Å². The van der Waals surface area contributed by atoms with Gasteiger partial charge in [-0.25, -0.2) is 4.79 Å². The third-order valence-corrected chi connectivity index (χ3v) is 5.01. The van der Waals surface area contributed by atoms with E-state index in [1.165, 1.54) is 0 Å². The van der Waals surface area contributed by atoms with Crippen LogP contribution in [0.2, 0.25) is 0 Å². The summed E-state index contributed by atoms with van der Waals surface area (Å²) in [5, 5.41) is 2.78. The van der Waals surface area contributed by atoms with Crippen molar-refractivity contribution in [2.75, 3.05) is 44.7 Å². The number of para-hydroxylation sites is 1. The average Bonchev–Trinajstić information content (AvgIpc) is 2.74. The van der Waals surface area contributed by atoms with E-state index in [0.29, 0.717) is 32.5 Å². The van der Waals surface area contributed by atoms with Crippen LogP contribution in [0.25, 0.3) is 0 Å². The first-order valence-electron chi connectivity index (χ1n) is 10.8. The van der Waals surface area contributed by atoms with Gasteiger partial charge in [0.1, 0.15) is 5.60 Å². The summed E-state index contributed by atoms with van der Waals surface area (Å²) < 4.78 is 10.5. The second kappa shape index (κ2) is 11.6. The van der Waals surface area contributed by atoms with Crippen LogP contribution in [0, 0.1) is 5.92 Å². The smallest absolute Gasteiger partial charge is 0.410 e. The number of hydrogen-bond acceptors (Lipinski definition) is 6. The van der Waals surface area contributed by atoms with Gasteiger partial charge < -0.3 is 24.6 Å². The molecule has 1 saturated heterocycles. The maximum Gasteiger partial charge on any atom is 0.410 e. The lowest BCUT2D eigenvalue weighted by atomic mass is 9.97. The van der Waals surface area contributed by atoms with E-state index in [-0.39, 0.29) is 30.5 Å². The summed E-state index contributed by atoms with van der Waals surface area (Å²) >= 11 is 0. The molecule has 0 unspecified atom stereocenters. The summed E-state index contributed by atoms with van der Waals surface area (Å²) in [5.74, 6) is -0.990. The number of ether oxygens (including phenoxy) is 2. The largest absolute Gasteiger partial charge is 0.455 e. The minimum atomic E-state index is -0.544. The van der Waals surface area contributed by atoms with Gasteiger partial charge in [0.15, 0.2) is 6.61 Å². The van der Waals surface area contributed by atoms with Gasteiger partial charge in [-0.15, -0.1) is 0 Å². The number of amides is 2. The Kier molecular flexibility index (Phi) is 9.15. The van der Waals surface area contributed by atoms with Crippen molar-refractivity contribution < 1.29 is 23.9 Å². The lowest BCUT2D eigenvalue weighted by molar-refractivity contribution is -0.154. The zero-order chi connectivity index (χ0) is 22.9. The highest BCUT2D eigenvalue weighted by atomic mass is 16.6. The standard InChI is InChI=1S/C23H35N3O5/c1-23(2,3)31-22(29)26-15-11-18(12-16-26)21(28)30-17-20(27)24-13-8-14-25(4)19-9-6-5-7-10-19/h5-7,9-10,18H,8,11-17H2,1-4H3,(H,24,27). The van der Waals surface area contributed by atoms with Gasteiger partial charge in [0.2, 0.25) is 0 Å². The number of esters is 1. The van der Waals surface area contributed by atoms with Crippen molar-refractivity contribution in [3.05, 3.63) is 30.3 Å². The molecule has 172 valence electrons. The molecule has 1 aliphatic rings. The zero-order valence-corrected chi connectivity index (χ0v) is 19.1. The van der Waals surface area contributed by atoms with Gasteiger partial charge in [-0.3, -0.25) is 9.59 Å². The molecule has 1 aromatic carbocycles. The van der Waals surface area contributed by atoms with Crippen molar-refractivity contribution in [1.29, 1.82) is 0 Å². The Bertz CT molecular complexity index is 724. The number of rotatable bonds is 8. The molecular weight excluding hydrogens is 398 g/mol. The minimum Gasteiger partial charge on any atom is -0.455 e. The molecule has 1 heterocycles. The first kappa shape index (κ1) is 24.5. The maximum atomic E-state index is 12.2. The van der Waals surface area contributed by atoms with E-state index in [2.05, 4.69) is 10.2 Å². The number of carbonyl (C=O) groups is 3. The fourth-order valence-electron chi connectivity index (χ4n) is 3.29. The average molecular weight is 434 g/mol. The van der Waals surface area contributed by atoms with Crippen molar-refractivity contribution in [2.24, 2.45) is 5.92 Å². The van der Waals surface area contributed by atoms with Gasteiger partial charge in [0.25, 0.3) is 5.91 Å².